The summed E-state index contributed by atoms with van der Waals surface area (Å²) in [5.41, 5.74) is -1.89. The van der Waals surface area contributed by atoms with E-state index < -0.39 is 23.3 Å². The van der Waals surface area contributed by atoms with E-state index in [9.17, 15) is 9.59 Å². The van der Waals surface area contributed by atoms with Crippen LogP contribution in [0.25, 0.3) is 0 Å². The molecular formula is C19H27N3O4. The molecule has 0 radical (unpaired) electrons. The van der Waals surface area contributed by atoms with Crippen LogP contribution in [-0.4, -0.2) is 29.4 Å². The van der Waals surface area contributed by atoms with E-state index in [4.69, 9.17) is 14.7 Å². The molecule has 0 aliphatic heterocycles. The van der Waals surface area contributed by atoms with Crippen molar-refractivity contribution in [2.24, 2.45) is 0 Å². The molecule has 0 unspecified atom stereocenters. The van der Waals surface area contributed by atoms with Crippen molar-refractivity contribution in [3.8, 4) is 11.8 Å². The first-order valence-corrected chi connectivity index (χ1v) is 8.52. The van der Waals surface area contributed by atoms with Crippen molar-refractivity contribution >= 4 is 12.0 Å². The van der Waals surface area contributed by atoms with Crippen LogP contribution < -0.4 is 15.4 Å². The molecule has 2 amide bonds. The van der Waals surface area contributed by atoms with Gasteiger partial charge in [-0.1, -0.05) is 6.92 Å². The Morgan fingerprint density at radius 3 is 2.19 bits per heavy atom. The zero-order chi connectivity index (χ0) is 20.0. The van der Waals surface area contributed by atoms with Crippen LogP contribution >= 0.6 is 0 Å². The zero-order valence-corrected chi connectivity index (χ0v) is 16.2. The number of benzene rings is 1. The maximum atomic E-state index is 12.8. The van der Waals surface area contributed by atoms with Crippen LogP contribution in [-0.2, 0) is 9.53 Å². The maximum absolute atomic E-state index is 12.8. The number of carbonyl (C=O) groups is 2. The minimum absolute atomic E-state index is 0.140. The van der Waals surface area contributed by atoms with E-state index in [1.54, 1.807) is 52.0 Å². The summed E-state index contributed by atoms with van der Waals surface area (Å²) in [5, 5.41) is 14.2. The molecule has 1 atom stereocenters. The fraction of sp³-hybridized carbons (Fsp3) is 0.526. The van der Waals surface area contributed by atoms with Crippen molar-refractivity contribution in [1.29, 1.82) is 5.26 Å². The molecule has 0 aliphatic carbocycles. The molecule has 0 saturated heterocycles. The summed E-state index contributed by atoms with van der Waals surface area (Å²) in [5.74, 6) is -0.133. The first-order chi connectivity index (χ1) is 12.0. The minimum Gasteiger partial charge on any atom is -0.458 e. The molecule has 7 nitrogen and oxygen atoms in total. The van der Waals surface area contributed by atoms with E-state index in [0.29, 0.717) is 11.3 Å². The molecule has 0 spiro atoms. The van der Waals surface area contributed by atoms with E-state index in [1.807, 2.05) is 19.9 Å². The quantitative estimate of drug-likeness (QED) is 0.758. The number of hydrogen-bond acceptors (Lipinski definition) is 5. The van der Waals surface area contributed by atoms with Gasteiger partial charge in [-0.2, -0.15) is 5.26 Å². The van der Waals surface area contributed by atoms with E-state index >= 15 is 0 Å². The molecule has 0 saturated carbocycles. The summed E-state index contributed by atoms with van der Waals surface area (Å²) in [7, 11) is 0. The molecule has 1 rings (SSSR count). The Kier molecular flexibility index (Phi) is 7.01. The van der Waals surface area contributed by atoms with Gasteiger partial charge in [0.25, 0.3) is 11.6 Å². The molecule has 26 heavy (non-hydrogen) atoms. The number of carbonyl (C=O) groups excluding carboxylic acids is 2. The van der Waals surface area contributed by atoms with Crippen LogP contribution in [0.2, 0.25) is 0 Å². The van der Waals surface area contributed by atoms with E-state index in [2.05, 4.69) is 10.6 Å². The molecule has 2 N–H and O–H groups in total. The SMILES string of the molecule is CC[C@](NC(=O)OC(C)(C)C)(Oc1ccc(C#N)cc1)C(=O)NC(C)C. The average Bonchev–Trinajstić information content (AvgIpc) is 2.52. The van der Waals surface area contributed by atoms with Gasteiger partial charge in [-0.25, -0.2) is 4.79 Å². The van der Waals surface area contributed by atoms with Gasteiger partial charge >= 0.3 is 6.09 Å². The van der Waals surface area contributed by atoms with Crippen LogP contribution in [0.4, 0.5) is 4.79 Å². The molecule has 0 aliphatic rings. The van der Waals surface area contributed by atoms with E-state index in [1.165, 1.54) is 0 Å². The molecule has 7 heteroatoms. The van der Waals surface area contributed by atoms with Gasteiger partial charge in [-0.05, 0) is 58.9 Å². The number of ether oxygens (including phenoxy) is 2. The second-order valence-electron chi connectivity index (χ2n) is 7.17. The highest BCUT2D eigenvalue weighted by Crippen LogP contribution is 2.22. The fourth-order valence-electron chi connectivity index (χ4n) is 2.10. The van der Waals surface area contributed by atoms with Crippen molar-refractivity contribution in [2.45, 2.75) is 65.3 Å². The lowest BCUT2D eigenvalue weighted by molar-refractivity contribution is -0.140. The van der Waals surface area contributed by atoms with Crippen LogP contribution in [0.5, 0.6) is 5.75 Å². The Hall–Kier alpha value is -2.75. The molecule has 0 fully saturated rings. The lowest BCUT2D eigenvalue weighted by Crippen LogP contribution is -2.63. The van der Waals surface area contributed by atoms with Gasteiger partial charge in [0, 0.05) is 12.5 Å². The highest BCUT2D eigenvalue weighted by Gasteiger charge is 2.42. The summed E-state index contributed by atoms with van der Waals surface area (Å²) in [6.07, 6.45) is -0.586. The summed E-state index contributed by atoms with van der Waals surface area (Å²) in [4.78, 5) is 25.1. The summed E-state index contributed by atoms with van der Waals surface area (Å²) < 4.78 is 11.1. The summed E-state index contributed by atoms with van der Waals surface area (Å²) in [6.45, 7) is 10.5. The van der Waals surface area contributed by atoms with Crippen molar-refractivity contribution < 1.29 is 19.1 Å². The number of amides is 2. The van der Waals surface area contributed by atoms with Gasteiger partial charge in [0.15, 0.2) is 0 Å². The first-order valence-electron chi connectivity index (χ1n) is 8.52. The number of nitrogens with zero attached hydrogens (tertiary/aromatic N) is 1. The monoisotopic (exact) mass is 361 g/mol. The Bertz CT molecular complexity index is 672. The van der Waals surface area contributed by atoms with Crippen LogP contribution in [0.1, 0.15) is 53.5 Å². The number of hydrogen-bond donors (Lipinski definition) is 2. The lowest BCUT2D eigenvalue weighted by Gasteiger charge is -2.34. The van der Waals surface area contributed by atoms with Crippen molar-refractivity contribution in [2.75, 3.05) is 0 Å². The highest BCUT2D eigenvalue weighted by molar-refractivity contribution is 5.89. The van der Waals surface area contributed by atoms with Gasteiger partial charge in [0.1, 0.15) is 11.4 Å². The number of rotatable bonds is 6. The van der Waals surface area contributed by atoms with Crippen LogP contribution in [0, 0.1) is 11.3 Å². The lowest BCUT2D eigenvalue weighted by atomic mass is 10.1. The van der Waals surface area contributed by atoms with Gasteiger partial charge in [-0.15, -0.1) is 0 Å². The van der Waals surface area contributed by atoms with Crippen molar-refractivity contribution in [3.05, 3.63) is 29.8 Å². The van der Waals surface area contributed by atoms with Crippen molar-refractivity contribution in [1.82, 2.24) is 10.6 Å². The average molecular weight is 361 g/mol. The third kappa shape index (κ3) is 6.28. The van der Waals surface area contributed by atoms with Gasteiger partial charge in [-0.3, -0.25) is 10.1 Å². The molecular weight excluding hydrogens is 334 g/mol. The standard InChI is InChI=1S/C19H27N3O4/c1-7-19(16(23)21-13(2)3,22-17(24)26-18(4,5)6)25-15-10-8-14(12-20)9-11-15/h8-11,13H,7H2,1-6H3,(H,21,23)(H,22,24)/t19-/m0/s1. The third-order valence-corrected chi connectivity index (χ3v) is 3.26. The molecule has 0 heterocycles. The Balaban J connectivity index is 3.14. The van der Waals surface area contributed by atoms with E-state index in [-0.39, 0.29) is 12.5 Å². The maximum Gasteiger partial charge on any atom is 0.411 e. The fourth-order valence-corrected chi connectivity index (χ4v) is 2.10. The number of nitriles is 1. The molecule has 142 valence electrons. The number of nitrogens with one attached hydrogen (secondary N) is 2. The predicted octanol–water partition coefficient (Wildman–Crippen LogP) is 3.09. The molecule has 0 aromatic heterocycles. The minimum atomic E-state index is -1.64. The predicted molar refractivity (Wildman–Crippen MR) is 97.5 cm³/mol. The second kappa shape index (κ2) is 8.56. The van der Waals surface area contributed by atoms with Gasteiger partial charge in [0.2, 0.25) is 0 Å². The first kappa shape index (κ1) is 21.3. The van der Waals surface area contributed by atoms with Gasteiger partial charge in [0.05, 0.1) is 11.6 Å². The largest absolute Gasteiger partial charge is 0.458 e. The Morgan fingerprint density at radius 1 is 1.19 bits per heavy atom. The second-order valence-corrected chi connectivity index (χ2v) is 7.17. The van der Waals surface area contributed by atoms with Crippen LogP contribution in [0.15, 0.2) is 24.3 Å². The Morgan fingerprint density at radius 2 is 1.77 bits per heavy atom. The van der Waals surface area contributed by atoms with Crippen molar-refractivity contribution in [3.63, 3.8) is 0 Å². The topological polar surface area (TPSA) is 100 Å². The Labute approximate surface area is 154 Å². The molecule has 0 bridgehead atoms. The highest BCUT2D eigenvalue weighted by atomic mass is 16.6. The smallest absolute Gasteiger partial charge is 0.411 e. The van der Waals surface area contributed by atoms with Crippen LogP contribution in [0.3, 0.4) is 0 Å². The zero-order valence-electron chi connectivity index (χ0n) is 16.2. The third-order valence-electron chi connectivity index (χ3n) is 3.26. The number of alkyl carbamates (subject to hydrolysis) is 1. The van der Waals surface area contributed by atoms with Gasteiger partial charge < -0.3 is 14.8 Å². The molecule has 1 aromatic rings. The molecule has 1 aromatic carbocycles. The summed E-state index contributed by atoms with van der Waals surface area (Å²) in [6, 6.07) is 8.16. The summed E-state index contributed by atoms with van der Waals surface area (Å²) >= 11 is 0. The normalized spacial score (nSPS) is 13.3. The van der Waals surface area contributed by atoms with E-state index in [0.717, 1.165) is 0 Å².